The lowest BCUT2D eigenvalue weighted by Crippen LogP contribution is -2.51. The number of benzene rings is 1. The number of aromatic nitrogens is 3. The SMILES string of the molecule is O=c1ccc(N2CCN([C@H]3CC[C@@H](n4ccc5c(F)cccc54)CC3)CC2)n[nH]1. The van der Waals surface area contributed by atoms with Gasteiger partial charge in [-0.2, -0.15) is 5.10 Å². The Bertz CT molecular complexity index is 1020. The van der Waals surface area contributed by atoms with Crippen LogP contribution in [-0.2, 0) is 0 Å². The lowest BCUT2D eigenvalue weighted by molar-refractivity contribution is 0.131. The molecule has 1 saturated heterocycles. The third-order valence-corrected chi connectivity index (χ3v) is 6.59. The van der Waals surface area contributed by atoms with E-state index in [1.54, 1.807) is 12.1 Å². The van der Waals surface area contributed by atoms with Crippen molar-refractivity contribution in [1.29, 1.82) is 0 Å². The number of halogens is 1. The highest BCUT2D eigenvalue weighted by molar-refractivity contribution is 5.80. The van der Waals surface area contributed by atoms with Crippen molar-refractivity contribution < 1.29 is 4.39 Å². The molecule has 1 aliphatic heterocycles. The van der Waals surface area contributed by atoms with Crippen LogP contribution in [0, 0.1) is 5.82 Å². The van der Waals surface area contributed by atoms with Gasteiger partial charge in [0.05, 0.1) is 5.52 Å². The van der Waals surface area contributed by atoms with E-state index in [0.717, 1.165) is 55.7 Å². The highest BCUT2D eigenvalue weighted by Gasteiger charge is 2.29. The maximum absolute atomic E-state index is 14.0. The minimum atomic E-state index is -0.164. The van der Waals surface area contributed by atoms with Crippen molar-refractivity contribution in [2.45, 2.75) is 37.8 Å². The second-order valence-electron chi connectivity index (χ2n) is 8.16. The van der Waals surface area contributed by atoms with Gasteiger partial charge in [0.25, 0.3) is 5.56 Å². The van der Waals surface area contributed by atoms with Gasteiger partial charge in [0, 0.05) is 55.9 Å². The first-order valence-electron chi connectivity index (χ1n) is 10.5. The molecular formula is C22H26FN5O. The standard InChI is InChI=1S/C22H26FN5O/c23-19-2-1-3-20-18(19)10-11-28(20)17-6-4-16(5-7-17)26-12-14-27(15-13-26)21-8-9-22(29)25-24-21/h1-3,8-11,16-17H,4-7,12-15H2,(H,25,29)/t16-,17+. The van der Waals surface area contributed by atoms with Gasteiger partial charge in [-0.1, -0.05) is 6.07 Å². The maximum atomic E-state index is 14.0. The zero-order chi connectivity index (χ0) is 19.8. The zero-order valence-corrected chi connectivity index (χ0v) is 16.4. The highest BCUT2D eigenvalue weighted by Crippen LogP contribution is 2.34. The zero-order valence-electron chi connectivity index (χ0n) is 16.4. The monoisotopic (exact) mass is 395 g/mol. The number of hydrogen-bond acceptors (Lipinski definition) is 4. The molecule has 2 aliphatic rings. The first-order valence-corrected chi connectivity index (χ1v) is 10.5. The third-order valence-electron chi connectivity index (χ3n) is 6.59. The fourth-order valence-electron chi connectivity index (χ4n) is 5.00. The Morgan fingerprint density at radius 2 is 1.69 bits per heavy atom. The minimum Gasteiger partial charge on any atom is -0.353 e. The van der Waals surface area contributed by atoms with E-state index in [-0.39, 0.29) is 11.4 Å². The molecule has 6 nitrogen and oxygen atoms in total. The summed E-state index contributed by atoms with van der Waals surface area (Å²) < 4.78 is 16.3. The minimum absolute atomic E-state index is 0.134. The van der Waals surface area contributed by atoms with Crippen molar-refractivity contribution in [3.63, 3.8) is 0 Å². The van der Waals surface area contributed by atoms with Crippen LogP contribution < -0.4 is 10.5 Å². The van der Waals surface area contributed by atoms with E-state index in [1.165, 1.54) is 25.0 Å². The average molecular weight is 395 g/mol. The lowest BCUT2D eigenvalue weighted by atomic mass is 9.89. The first-order chi connectivity index (χ1) is 14.2. The van der Waals surface area contributed by atoms with Gasteiger partial charge in [0.1, 0.15) is 11.6 Å². The van der Waals surface area contributed by atoms with E-state index >= 15 is 0 Å². The summed E-state index contributed by atoms with van der Waals surface area (Å²) in [5, 5.41) is 7.39. The molecule has 1 N–H and O–H groups in total. The Balaban J connectivity index is 1.19. The number of hydrogen-bond donors (Lipinski definition) is 1. The van der Waals surface area contributed by atoms with E-state index in [0.29, 0.717) is 12.1 Å². The summed E-state index contributed by atoms with van der Waals surface area (Å²) in [5.74, 6) is 0.712. The molecule has 0 amide bonds. The number of nitrogens with zero attached hydrogens (tertiary/aromatic N) is 4. The fourth-order valence-corrected chi connectivity index (χ4v) is 5.00. The lowest BCUT2D eigenvalue weighted by Gasteiger charge is -2.42. The van der Waals surface area contributed by atoms with Gasteiger partial charge < -0.3 is 9.47 Å². The molecule has 2 aromatic heterocycles. The predicted octanol–water partition coefficient (Wildman–Crippen LogP) is 3.17. The van der Waals surface area contributed by atoms with Gasteiger partial charge in [0.15, 0.2) is 0 Å². The summed E-state index contributed by atoms with van der Waals surface area (Å²) in [5.41, 5.74) is 0.845. The molecule has 2 fully saturated rings. The van der Waals surface area contributed by atoms with Crippen molar-refractivity contribution in [3.8, 4) is 0 Å². The number of piperazine rings is 1. The Morgan fingerprint density at radius 3 is 2.41 bits per heavy atom. The number of aromatic amines is 1. The van der Waals surface area contributed by atoms with Crippen LogP contribution in [-0.4, -0.2) is 51.9 Å². The van der Waals surface area contributed by atoms with Gasteiger partial charge >= 0.3 is 0 Å². The summed E-state index contributed by atoms with van der Waals surface area (Å²) in [6.07, 6.45) is 6.67. The third kappa shape index (κ3) is 3.55. The van der Waals surface area contributed by atoms with Gasteiger partial charge in [0.2, 0.25) is 0 Å². The van der Waals surface area contributed by atoms with Crippen molar-refractivity contribution in [3.05, 3.63) is 58.8 Å². The largest absolute Gasteiger partial charge is 0.353 e. The molecule has 3 aromatic rings. The highest BCUT2D eigenvalue weighted by atomic mass is 19.1. The van der Waals surface area contributed by atoms with Crippen LogP contribution in [0.15, 0.2) is 47.4 Å². The molecule has 152 valence electrons. The molecule has 1 aliphatic carbocycles. The maximum Gasteiger partial charge on any atom is 0.264 e. The van der Waals surface area contributed by atoms with Crippen molar-refractivity contribution in [2.75, 3.05) is 31.1 Å². The van der Waals surface area contributed by atoms with Crippen LogP contribution in [0.4, 0.5) is 10.2 Å². The van der Waals surface area contributed by atoms with Crippen LogP contribution in [0.2, 0.25) is 0 Å². The number of H-pyrrole nitrogens is 1. The molecule has 29 heavy (non-hydrogen) atoms. The molecule has 5 rings (SSSR count). The quantitative estimate of drug-likeness (QED) is 0.740. The molecule has 0 bridgehead atoms. The van der Waals surface area contributed by atoms with Crippen LogP contribution in [0.5, 0.6) is 0 Å². The van der Waals surface area contributed by atoms with E-state index < -0.39 is 0 Å². The summed E-state index contributed by atoms with van der Waals surface area (Å²) in [6, 6.07) is 11.7. The molecule has 1 saturated carbocycles. The Hall–Kier alpha value is -2.67. The first kappa shape index (κ1) is 18.4. The topological polar surface area (TPSA) is 57.2 Å². The summed E-state index contributed by atoms with van der Waals surface area (Å²) in [7, 11) is 0. The Labute approximate surface area is 168 Å². The molecular weight excluding hydrogens is 369 g/mol. The predicted molar refractivity (Wildman–Crippen MR) is 112 cm³/mol. The normalized spacial score (nSPS) is 23.6. The second-order valence-corrected chi connectivity index (χ2v) is 8.16. The molecule has 0 atom stereocenters. The number of anilines is 1. The molecule has 0 radical (unpaired) electrons. The van der Waals surface area contributed by atoms with Crippen LogP contribution in [0.25, 0.3) is 10.9 Å². The van der Waals surface area contributed by atoms with E-state index in [4.69, 9.17) is 0 Å². The van der Waals surface area contributed by atoms with Gasteiger partial charge in [-0.15, -0.1) is 0 Å². The molecule has 7 heteroatoms. The van der Waals surface area contributed by atoms with Gasteiger partial charge in [-0.3, -0.25) is 9.69 Å². The number of rotatable bonds is 3. The molecule has 0 unspecified atom stereocenters. The second kappa shape index (κ2) is 7.63. The van der Waals surface area contributed by atoms with Crippen LogP contribution in [0.3, 0.4) is 0 Å². The van der Waals surface area contributed by atoms with E-state index in [2.05, 4.69) is 30.8 Å². The van der Waals surface area contributed by atoms with Crippen LogP contribution >= 0.6 is 0 Å². The summed E-state index contributed by atoms with van der Waals surface area (Å²) in [6.45, 7) is 3.91. The number of fused-ring (bicyclic) bond motifs is 1. The van der Waals surface area contributed by atoms with Crippen molar-refractivity contribution in [1.82, 2.24) is 19.7 Å². The molecule has 3 heterocycles. The Morgan fingerprint density at radius 1 is 0.931 bits per heavy atom. The van der Waals surface area contributed by atoms with E-state index in [9.17, 15) is 9.18 Å². The van der Waals surface area contributed by atoms with E-state index in [1.807, 2.05) is 12.1 Å². The Kier molecular flexibility index (Phi) is 4.83. The van der Waals surface area contributed by atoms with Gasteiger partial charge in [-0.25, -0.2) is 9.49 Å². The van der Waals surface area contributed by atoms with Crippen molar-refractivity contribution in [2.24, 2.45) is 0 Å². The molecule has 0 spiro atoms. The smallest absolute Gasteiger partial charge is 0.264 e. The average Bonchev–Trinajstić information content (AvgIpc) is 3.20. The summed E-state index contributed by atoms with van der Waals surface area (Å²) >= 11 is 0. The molecule has 1 aromatic carbocycles. The fraction of sp³-hybridized carbons (Fsp3) is 0.455. The number of nitrogens with one attached hydrogen (secondary N) is 1. The van der Waals surface area contributed by atoms with Gasteiger partial charge in [-0.05, 0) is 49.9 Å². The van der Waals surface area contributed by atoms with Crippen molar-refractivity contribution >= 4 is 16.7 Å². The van der Waals surface area contributed by atoms with Crippen LogP contribution in [0.1, 0.15) is 31.7 Å². The summed E-state index contributed by atoms with van der Waals surface area (Å²) in [4.78, 5) is 16.0.